The maximum atomic E-state index is 10.7. The van der Waals surface area contributed by atoms with Crippen molar-refractivity contribution in [1.29, 1.82) is 0 Å². The van der Waals surface area contributed by atoms with Gasteiger partial charge in [0.15, 0.2) is 0 Å². The Morgan fingerprint density at radius 2 is 2.31 bits per heavy atom. The average Bonchev–Trinajstić information content (AvgIpc) is 2.43. The maximum Gasteiger partial charge on any atom is 0.352 e. The topological polar surface area (TPSA) is 51.5 Å². The van der Waals surface area contributed by atoms with Crippen LogP contribution in [0.3, 0.4) is 0 Å². The van der Waals surface area contributed by atoms with E-state index in [1.807, 2.05) is 6.92 Å². The van der Waals surface area contributed by atoms with E-state index < -0.39 is 5.97 Å². The minimum atomic E-state index is -0.899. The zero-order valence-corrected chi connectivity index (χ0v) is 7.78. The Bertz CT molecular complexity index is 304. The van der Waals surface area contributed by atoms with Crippen molar-refractivity contribution in [2.75, 3.05) is 13.7 Å². The normalized spacial score (nSPS) is 10.3. The number of rotatable bonds is 4. The van der Waals surface area contributed by atoms with Gasteiger partial charge in [0.25, 0.3) is 0 Å². The van der Waals surface area contributed by atoms with Crippen molar-refractivity contribution < 1.29 is 14.6 Å². The fourth-order valence-corrected chi connectivity index (χ4v) is 1.24. The first-order chi connectivity index (χ1) is 6.16. The van der Waals surface area contributed by atoms with Gasteiger partial charge < -0.3 is 14.4 Å². The number of carboxylic acids is 1. The lowest BCUT2D eigenvalue weighted by molar-refractivity contribution is 0.0682. The molecule has 0 aromatic carbocycles. The molecule has 4 heteroatoms. The van der Waals surface area contributed by atoms with E-state index in [0.717, 1.165) is 5.69 Å². The van der Waals surface area contributed by atoms with E-state index in [1.165, 1.54) is 0 Å². The van der Waals surface area contributed by atoms with Crippen LogP contribution in [0.1, 0.15) is 16.2 Å². The first kappa shape index (κ1) is 9.80. The van der Waals surface area contributed by atoms with Gasteiger partial charge in [-0.1, -0.05) is 0 Å². The third-order valence-electron chi connectivity index (χ3n) is 1.94. The van der Waals surface area contributed by atoms with Crippen LogP contribution in [-0.4, -0.2) is 29.4 Å². The summed E-state index contributed by atoms with van der Waals surface area (Å²) in [7, 11) is 1.60. The molecule has 0 saturated heterocycles. The second-order valence-corrected chi connectivity index (χ2v) is 2.81. The molecule has 0 bridgehead atoms. The summed E-state index contributed by atoms with van der Waals surface area (Å²) < 4.78 is 6.62. The molecule has 72 valence electrons. The number of nitrogens with zero attached hydrogens (tertiary/aromatic N) is 1. The predicted molar refractivity (Wildman–Crippen MR) is 48.0 cm³/mol. The quantitative estimate of drug-likeness (QED) is 0.761. The molecule has 1 N–H and O–H groups in total. The van der Waals surface area contributed by atoms with E-state index in [9.17, 15) is 4.79 Å². The lowest BCUT2D eigenvalue weighted by atomic mass is 10.4. The summed E-state index contributed by atoms with van der Waals surface area (Å²) >= 11 is 0. The smallest absolute Gasteiger partial charge is 0.352 e. The van der Waals surface area contributed by atoms with Crippen LogP contribution in [0.25, 0.3) is 0 Å². The number of aryl methyl sites for hydroxylation is 1. The number of methoxy groups -OCH3 is 1. The fourth-order valence-electron chi connectivity index (χ4n) is 1.24. The van der Waals surface area contributed by atoms with Crippen LogP contribution in [-0.2, 0) is 11.3 Å². The van der Waals surface area contributed by atoms with Crippen molar-refractivity contribution >= 4 is 5.97 Å². The van der Waals surface area contributed by atoms with Crippen molar-refractivity contribution in [3.63, 3.8) is 0 Å². The average molecular weight is 183 g/mol. The minimum Gasteiger partial charge on any atom is -0.477 e. The third kappa shape index (κ3) is 2.09. The summed E-state index contributed by atoms with van der Waals surface area (Å²) in [6.07, 6.45) is 0. The number of aromatic nitrogens is 1. The molecular weight excluding hydrogens is 170 g/mol. The van der Waals surface area contributed by atoms with E-state index in [0.29, 0.717) is 18.8 Å². The van der Waals surface area contributed by atoms with Gasteiger partial charge >= 0.3 is 5.97 Å². The number of hydrogen-bond donors (Lipinski definition) is 1. The molecular formula is C9H13NO3. The first-order valence-electron chi connectivity index (χ1n) is 4.05. The molecule has 1 rings (SSSR count). The number of aromatic carboxylic acids is 1. The molecule has 0 saturated carbocycles. The summed E-state index contributed by atoms with van der Waals surface area (Å²) in [5, 5.41) is 8.82. The SMILES string of the molecule is COCCn1c(C)ccc1C(=O)O. The standard InChI is InChI=1S/C9H13NO3/c1-7-3-4-8(9(11)12)10(7)5-6-13-2/h3-4H,5-6H2,1-2H3,(H,11,12). The van der Waals surface area contributed by atoms with Crippen LogP contribution >= 0.6 is 0 Å². The molecule has 0 amide bonds. The van der Waals surface area contributed by atoms with Crippen molar-refractivity contribution in [3.8, 4) is 0 Å². The first-order valence-corrected chi connectivity index (χ1v) is 4.05. The lowest BCUT2D eigenvalue weighted by Gasteiger charge is -2.07. The molecule has 1 aromatic rings. The summed E-state index contributed by atoms with van der Waals surface area (Å²) in [6.45, 7) is 2.98. The molecule has 0 atom stereocenters. The van der Waals surface area contributed by atoms with Gasteiger partial charge in [-0.25, -0.2) is 4.79 Å². The third-order valence-corrected chi connectivity index (χ3v) is 1.94. The van der Waals surface area contributed by atoms with Gasteiger partial charge in [0, 0.05) is 19.3 Å². The largest absolute Gasteiger partial charge is 0.477 e. The summed E-state index contributed by atoms with van der Waals surface area (Å²) in [6, 6.07) is 3.40. The van der Waals surface area contributed by atoms with E-state index >= 15 is 0 Å². The molecule has 1 heterocycles. The molecule has 0 spiro atoms. The highest BCUT2D eigenvalue weighted by Gasteiger charge is 2.10. The molecule has 4 nitrogen and oxygen atoms in total. The zero-order valence-electron chi connectivity index (χ0n) is 7.78. The lowest BCUT2D eigenvalue weighted by Crippen LogP contribution is -2.12. The Morgan fingerprint density at radius 1 is 1.62 bits per heavy atom. The number of hydrogen-bond acceptors (Lipinski definition) is 2. The van der Waals surface area contributed by atoms with Crippen molar-refractivity contribution in [3.05, 3.63) is 23.5 Å². The molecule has 0 aliphatic carbocycles. The second-order valence-electron chi connectivity index (χ2n) is 2.81. The molecule has 0 aliphatic heterocycles. The number of carboxylic acid groups (broad SMARTS) is 1. The molecule has 1 aromatic heterocycles. The Balaban J connectivity index is 2.88. The van der Waals surface area contributed by atoms with E-state index in [1.54, 1.807) is 23.8 Å². The van der Waals surface area contributed by atoms with Gasteiger partial charge in [0.1, 0.15) is 5.69 Å². The Morgan fingerprint density at radius 3 is 2.85 bits per heavy atom. The van der Waals surface area contributed by atoms with Gasteiger partial charge in [0.05, 0.1) is 6.61 Å². The summed E-state index contributed by atoms with van der Waals surface area (Å²) in [4.78, 5) is 10.7. The summed E-state index contributed by atoms with van der Waals surface area (Å²) in [5.74, 6) is -0.899. The number of ether oxygens (including phenoxy) is 1. The Labute approximate surface area is 76.7 Å². The van der Waals surface area contributed by atoms with Crippen LogP contribution < -0.4 is 0 Å². The minimum absolute atomic E-state index is 0.314. The second kappa shape index (κ2) is 4.09. The molecule has 0 aliphatic rings. The number of carbonyl (C=O) groups is 1. The van der Waals surface area contributed by atoms with Crippen LogP contribution in [0.4, 0.5) is 0 Å². The van der Waals surface area contributed by atoms with Gasteiger partial charge in [0.2, 0.25) is 0 Å². The molecule has 0 radical (unpaired) electrons. The summed E-state index contributed by atoms with van der Waals surface area (Å²) in [5.41, 5.74) is 1.25. The molecule has 0 unspecified atom stereocenters. The molecule has 0 fully saturated rings. The van der Waals surface area contributed by atoms with Gasteiger partial charge in [-0.3, -0.25) is 0 Å². The van der Waals surface area contributed by atoms with Crippen molar-refractivity contribution in [2.45, 2.75) is 13.5 Å². The fraction of sp³-hybridized carbons (Fsp3) is 0.444. The van der Waals surface area contributed by atoms with Crippen molar-refractivity contribution in [1.82, 2.24) is 4.57 Å². The van der Waals surface area contributed by atoms with E-state index in [2.05, 4.69) is 0 Å². The van der Waals surface area contributed by atoms with Crippen LogP contribution in [0.5, 0.6) is 0 Å². The highest BCUT2D eigenvalue weighted by atomic mass is 16.5. The highest BCUT2D eigenvalue weighted by molar-refractivity contribution is 5.86. The Kier molecular flexibility index (Phi) is 3.08. The maximum absolute atomic E-state index is 10.7. The molecule has 13 heavy (non-hydrogen) atoms. The predicted octanol–water partition coefficient (Wildman–Crippen LogP) is 1.14. The monoisotopic (exact) mass is 183 g/mol. The van der Waals surface area contributed by atoms with Gasteiger partial charge in [-0.05, 0) is 19.1 Å². The van der Waals surface area contributed by atoms with Crippen LogP contribution in [0.2, 0.25) is 0 Å². The highest BCUT2D eigenvalue weighted by Crippen LogP contribution is 2.07. The van der Waals surface area contributed by atoms with Crippen LogP contribution in [0, 0.1) is 6.92 Å². The van der Waals surface area contributed by atoms with Crippen molar-refractivity contribution in [2.24, 2.45) is 0 Å². The Hall–Kier alpha value is -1.29. The van der Waals surface area contributed by atoms with Gasteiger partial charge in [-0.2, -0.15) is 0 Å². The zero-order chi connectivity index (χ0) is 9.84. The van der Waals surface area contributed by atoms with E-state index in [-0.39, 0.29) is 0 Å². The van der Waals surface area contributed by atoms with Crippen LogP contribution in [0.15, 0.2) is 12.1 Å². The van der Waals surface area contributed by atoms with Gasteiger partial charge in [-0.15, -0.1) is 0 Å². The van der Waals surface area contributed by atoms with E-state index in [4.69, 9.17) is 9.84 Å².